The molecular formula is C24H28FNO3. The fourth-order valence-corrected chi connectivity index (χ4v) is 4.70. The summed E-state index contributed by atoms with van der Waals surface area (Å²) in [6, 6.07) is 11.1. The SMILES string of the molecule is Cc1cccc(OC(C)C2CCC(CN3Cc4ccc(O)c(F)c4C3=O)CC2)c1. The Hall–Kier alpha value is -2.56. The van der Waals surface area contributed by atoms with Crippen molar-refractivity contribution in [1.29, 1.82) is 0 Å². The van der Waals surface area contributed by atoms with Crippen molar-refractivity contribution >= 4 is 5.91 Å². The maximum Gasteiger partial charge on any atom is 0.257 e. The second-order valence-electron chi connectivity index (χ2n) is 8.54. The average Bonchev–Trinajstić information content (AvgIpc) is 3.01. The van der Waals surface area contributed by atoms with Gasteiger partial charge in [0.25, 0.3) is 5.91 Å². The molecule has 4 rings (SSSR count). The monoisotopic (exact) mass is 397 g/mol. The molecule has 1 atom stereocenters. The number of fused-ring (bicyclic) bond motifs is 1. The van der Waals surface area contributed by atoms with Crippen molar-refractivity contribution in [2.75, 3.05) is 6.54 Å². The van der Waals surface area contributed by atoms with E-state index in [0.717, 1.165) is 31.4 Å². The minimum atomic E-state index is -0.791. The summed E-state index contributed by atoms with van der Waals surface area (Å²) in [5, 5.41) is 9.55. The number of hydrogen-bond acceptors (Lipinski definition) is 3. The topological polar surface area (TPSA) is 49.8 Å². The van der Waals surface area contributed by atoms with Crippen molar-refractivity contribution in [3.8, 4) is 11.5 Å². The van der Waals surface area contributed by atoms with E-state index in [2.05, 4.69) is 26.0 Å². The number of phenolic OH excluding ortho intramolecular Hbond substituents is 1. The number of benzene rings is 2. The van der Waals surface area contributed by atoms with Crippen LogP contribution in [-0.4, -0.2) is 28.6 Å². The molecule has 1 N–H and O–H groups in total. The van der Waals surface area contributed by atoms with Gasteiger partial charge in [0.1, 0.15) is 5.75 Å². The van der Waals surface area contributed by atoms with Gasteiger partial charge in [-0.2, -0.15) is 0 Å². The third-order valence-electron chi connectivity index (χ3n) is 6.42. The number of carbonyl (C=O) groups excluding carboxylic acids is 1. The molecule has 0 aromatic heterocycles. The summed E-state index contributed by atoms with van der Waals surface area (Å²) in [6.45, 7) is 5.28. The van der Waals surface area contributed by atoms with Gasteiger partial charge in [0.2, 0.25) is 0 Å². The summed E-state index contributed by atoms with van der Waals surface area (Å²) < 4.78 is 20.3. The third kappa shape index (κ3) is 4.09. The van der Waals surface area contributed by atoms with Gasteiger partial charge < -0.3 is 14.7 Å². The van der Waals surface area contributed by atoms with Crippen LogP contribution in [0, 0.1) is 24.6 Å². The van der Waals surface area contributed by atoms with E-state index >= 15 is 0 Å². The second-order valence-corrected chi connectivity index (χ2v) is 8.54. The van der Waals surface area contributed by atoms with Crippen LogP contribution >= 0.6 is 0 Å². The normalized spacial score (nSPS) is 22.4. The Kier molecular flexibility index (Phi) is 5.48. The molecule has 5 heteroatoms. The number of aryl methyl sites for hydroxylation is 1. The van der Waals surface area contributed by atoms with Gasteiger partial charge in [0, 0.05) is 13.1 Å². The lowest BCUT2D eigenvalue weighted by atomic mass is 9.79. The van der Waals surface area contributed by atoms with Crippen LogP contribution in [0.3, 0.4) is 0 Å². The van der Waals surface area contributed by atoms with Crippen LogP contribution in [-0.2, 0) is 6.54 Å². The first-order chi connectivity index (χ1) is 13.9. The average molecular weight is 397 g/mol. The number of aromatic hydroxyl groups is 1. The van der Waals surface area contributed by atoms with Crippen molar-refractivity contribution in [1.82, 2.24) is 4.90 Å². The molecule has 0 bridgehead atoms. The fraction of sp³-hybridized carbons (Fsp3) is 0.458. The van der Waals surface area contributed by atoms with Crippen molar-refractivity contribution in [3.63, 3.8) is 0 Å². The van der Waals surface area contributed by atoms with Gasteiger partial charge >= 0.3 is 0 Å². The molecule has 1 aliphatic carbocycles. The molecule has 1 aliphatic heterocycles. The van der Waals surface area contributed by atoms with Crippen molar-refractivity contribution in [3.05, 3.63) is 58.9 Å². The van der Waals surface area contributed by atoms with Gasteiger partial charge in [-0.15, -0.1) is 0 Å². The molecule has 2 aromatic carbocycles. The Balaban J connectivity index is 1.30. The third-order valence-corrected chi connectivity index (χ3v) is 6.42. The minimum absolute atomic E-state index is 0.0406. The maximum atomic E-state index is 14.1. The van der Waals surface area contributed by atoms with Crippen LogP contribution in [0.1, 0.15) is 54.1 Å². The van der Waals surface area contributed by atoms with E-state index in [-0.39, 0.29) is 17.6 Å². The van der Waals surface area contributed by atoms with Crippen molar-refractivity contribution < 1.29 is 19.0 Å². The highest BCUT2D eigenvalue weighted by molar-refractivity contribution is 5.99. The van der Waals surface area contributed by atoms with E-state index in [9.17, 15) is 14.3 Å². The van der Waals surface area contributed by atoms with Gasteiger partial charge in [-0.25, -0.2) is 4.39 Å². The summed E-state index contributed by atoms with van der Waals surface area (Å²) in [5.41, 5.74) is 1.90. The molecule has 1 amide bonds. The molecule has 1 heterocycles. The molecule has 1 fully saturated rings. The highest BCUT2D eigenvalue weighted by Gasteiger charge is 2.34. The quantitative estimate of drug-likeness (QED) is 0.766. The van der Waals surface area contributed by atoms with Crippen LogP contribution in [0.2, 0.25) is 0 Å². The lowest BCUT2D eigenvalue weighted by molar-refractivity contribution is 0.0682. The van der Waals surface area contributed by atoms with Crippen LogP contribution in [0.4, 0.5) is 4.39 Å². The first kappa shape index (κ1) is 19.7. The summed E-state index contributed by atoms with van der Waals surface area (Å²) in [7, 11) is 0. The molecule has 154 valence electrons. The second kappa shape index (κ2) is 8.05. The number of hydrogen-bond donors (Lipinski definition) is 1. The largest absolute Gasteiger partial charge is 0.505 e. The van der Waals surface area contributed by atoms with Crippen molar-refractivity contribution in [2.24, 2.45) is 11.8 Å². The number of ether oxygens (including phenoxy) is 1. The summed E-state index contributed by atoms with van der Waals surface area (Å²) in [4.78, 5) is 14.3. The molecule has 2 aliphatic rings. The standard InChI is InChI=1S/C24H28FNO3/c1-15-4-3-5-20(12-15)29-16(2)18-8-6-17(7-9-18)13-26-14-19-10-11-21(27)23(25)22(19)24(26)28/h3-5,10-12,16-18,27H,6-9,13-14H2,1-2H3. The highest BCUT2D eigenvalue weighted by atomic mass is 19.1. The first-order valence-corrected chi connectivity index (χ1v) is 10.5. The number of nitrogens with zero attached hydrogens (tertiary/aromatic N) is 1. The molecule has 4 nitrogen and oxygen atoms in total. The van der Waals surface area contributed by atoms with Crippen LogP contribution in [0.5, 0.6) is 11.5 Å². The van der Waals surface area contributed by atoms with Crippen LogP contribution in [0.15, 0.2) is 36.4 Å². The number of phenols is 1. The van der Waals surface area contributed by atoms with Gasteiger partial charge in [-0.05, 0) is 80.7 Å². The zero-order valence-electron chi connectivity index (χ0n) is 17.0. The lowest BCUT2D eigenvalue weighted by Gasteiger charge is -2.34. The highest BCUT2D eigenvalue weighted by Crippen LogP contribution is 2.36. The maximum absolute atomic E-state index is 14.1. The minimum Gasteiger partial charge on any atom is -0.505 e. The van der Waals surface area contributed by atoms with E-state index in [0.29, 0.717) is 30.5 Å². The predicted molar refractivity (Wildman–Crippen MR) is 110 cm³/mol. The van der Waals surface area contributed by atoms with Gasteiger partial charge in [-0.1, -0.05) is 18.2 Å². The molecule has 1 unspecified atom stereocenters. The Morgan fingerprint density at radius 2 is 1.97 bits per heavy atom. The molecule has 1 saturated carbocycles. The Morgan fingerprint density at radius 1 is 1.21 bits per heavy atom. The van der Waals surface area contributed by atoms with Crippen LogP contribution < -0.4 is 4.74 Å². The zero-order chi connectivity index (χ0) is 20.5. The van der Waals surface area contributed by atoms with E-state index in [1.165, 1.54) is 11.6 Å². The van der Waals surface area contributed by atoms with E-state index in [4.69, 9.17) is 4.74 Å². The molecule has 0 radical (unpaired) electrons. The molecule has 29 heavy (non-hydrogen) atoms. The van der Waals surface area contributed by atoms with Crippen molar-refractivity contribution in [2.45, 2.75) is 52.2 Å². The Bertz CT molecular complexity index is 905. The summed E-state index contributed by atoms with van der Waals surface area (Å²) in [6.07, 6.45) is 4.39. The number of carbonyl (C=O) groups is 1. The molecular weight excluding hydrogens is 369 g/mol. The number of rotatable bonds is 5. The molecule has 0 spiro atoms. The number of halogens is 1. The molecule has 2 aromatic rings. The van der Waals surface area contributed by atoms with Gasteiger partial charge in [-0.3, -0.25) is 4.79 Å². The van der Waals surface area contributed by atoms with E-state index < -0.39 is 11.6 Å². The summed E-state index contributed by atoms with van der Waals surface area (Å²) in [5.74, 6) is 0.305. The van der Waals surface area contributed by atoms with Crippen LogP contribution in [0.25, 0.3) is 0 Å². The van der Waals surface area contributed by atoms with E-state index in [1.807, 2.05) is 12.1 Å². The first-order valence-electron chi connectivity index (χ1n) is 10.5. The fourth-order valence-electron chi connectivity index (χ4n) is 4.70. The smallest absolute Gasteiger partial charge is 0.257 e. The zero-order valence-corrected chi connectivity index (χ0v) is 17.0. The molecule has 0 saturated heterocycles. The van der Waals surface area contributed by atoms with E-state index in [1.54, 1.807) is 11.0 Å². The summed E-state index contributed by atoms with van der Waals surface area (Å²) >= 11 is 0. The predicted octanol–water partition coefficient (Wildman–Crippen LogP) is 5.07. The lowest BCUT2D eigenvalue weighted by Crippen LogP contribution is -2.34. The Labute approximate surface area is 171 Å². The Morgan fingerprint density at radius 3 is 2.69 bits per heavy atom. The number of amides is 1. The van der Waals surface area contributed by atoms with Gasteiger partial charge in [0.05, 0.1) is 11.7 Å². The van der Waals surface area contributed by atoms with Gasteiger partial charge in [0.15, 0.2) is 11.6 Å².